The van der Waals surface area contributed by atoms with Crippen molar-refractivity contribution in [2.75, 3.05) is 19.8 Å². The van der Waals surface area contributed by atoms with Gasteiger partial charge in [-0.2, -0.15) is 0 Å². The lowest BCUT2D eigenvalue weighted by Crippen LogP contribution is -2.47. The average Bonchev–Trinajstić information content (AvgIpc) is 2.42. The molecule has 1 fully saturated rings. The van der Waals surface area contributed by atoms with E-state index >= 15 is 0 Å². The van der Waals surface area contributed by atoms with E-state index in [1.807, 2.05) is 13.8 Å². The molecule has 2 rings (SSSR count). The molecule has 3 nitrogen and oxygen atoms in total. The fourth-order valence-electron chi connectivity index (χ4n) is 1.91. The summed E-state index contributed by atoms with van der Waals surface area (Å²) in [6.07, 6.45) is 0. The van der Waals surface area contributed by atoms with Crippen molar-refractivity contribution in [1.82, 2.24) is 5.32 Å². The summed E-state index contributed by atoms with van der Waals surface area (Å²) >= 11 is 0. The Kier molecular flexibility index (Phi) is 2.85. The standard InChI is InChI=1S/C12H19NO2/c1-9-4-11(10(2)15-9)5-13-6-12(3)7-14-8-12/h4,13H,5-8H2,1-3H3. The van der Waals surface area contributed by atoms with Crippen LogP contribution in [0.4, 0.5) is 0 Å². The number of hydrogen-bond donors (Lipinski definition) is 1. The van der Waals surface area contributed by atoms with Crippen molar-refractivity contribution in [3.05, 3.63) is 23.2 Å². The van der Waals surface area contributed by atoms with Crippen LogP contribution in [0.15, 0.2) is 10.5 Å². The summed E-state index contributed by atoms with van der Waals surface area (Å²) in [7, 11) is 0. The molecule has 0 aromatic carbocycles. The zero-order chi connectivity index (χ0) is 10.9. The van der Waals surface area contributed by atoms with Crippen LogP contribution in [0.3, 0.4) is 0 Å². The summed E-state index contributed by atoms with van der Waals surface area (Å²) in [5, 5.41) is 3.46. The molecule has 15 heavy (non-hydrogen) atoms. The van der Waals surface area contributed by atoms with Crippen LogP contribution in [-0.4, -0.2) is 19.8 Å². The predicted molar refractivity (Wildman–Crippen MR) is 58.8 cm³/mol. The van der Waals surface area contributed by atoms with E-state index in [2.05, 4.69) is 18.3 Å². The lowest BCUT2D eigenvalue weighted by Gasteiger charge is -2.38. The van der Waals surface area contributed by atoms with Gasteiger partial charge in [0.25, 0.3) is 0 Å². The fourth-order valence-corrected chi connectivity index (χ4v) is 1.91. The van der Waals surface area contributed by atoms with E-state index in [4.69, 9.17) is 9.15 Å². The molecule has 84 valence electrons. The van der Waals surface area contributed by atoms with Crippen LogP contribution in [0.25, 0.3) is 0 Å². The maximum atomic E-state index is 5.47. The van der Waals surface area contributed by atoms with Gasteiger partial charge >= 0.3 is 0 Å². The Labute approximate surface area is 90.8 Å². The van der Waals surface area contributed by atoms with Crippen molar-refractivity contribution in [3.63, 3.8) is 0 Å². The van der Waals surface area contributed by atoms with Crippen LogP contribution in [-0.2, 0) is 11.3 Å². The predicted octanol–water partition coefficient (Wildman–Crippen LogP) is 2.02. The maximum Gasteiger partial charge on any atom is 0.105 e. The van der Waals surface area contributed by atoms with Crippen LogP contribution in [0.2, 0.25) is 0 Å². The Morgan fingerprint density at radius 2 is 2.13 bits per heavy atom. The molecular formula is C12H19NO2. The summed E-state index contributed by atoms with van der Waals surface area (Å²) in [5.41, 5.74) is 1.60. The van der Waals surface area contributed by atoms with Crippen LogP contribution in [0.5, 0.6) is 0 Å². The summed E-state index contributed by atoms with van der Waals surface area (Å²) < 4.78 is 10.7. The van der Waals surface area contributed by atoms with Gasteiger partial charge in [0.15, 0.2) is 0 Å². The number of furan rings is 1. The van der Waals surface area contributed by atoms with Crippen molar-refractivity contribution in [2.24, 2.45) is 5.41 Å². The Bertz CT molecular complexity index is 339. The van der Waals surface area contributed by atoms with E-state index in [9.17, 15) is 0 Å². The number of aryl methyl sites for hydroxylation is 2. The third kappa shape index (κ3) is 2.41. The zero-order valence-electron chi connectivity index (χ0n) is 9.72. The minimum atomic E-state index is 0.340. The summed E-state index contributed by atoms with van der Waals surface area (Å²) in [5.74, 6) is 2.01. The van der Waals surface area contributed by atoms with Gasteiger partial charge in [-0.3, -0.25) is 0 Å². The van der Waals surface area contributed by atoms with Crippen molar-refractivity contribution < 1.29 is 9.15 Å². The fraction of sp³-hybridized carbons (Fsp3) is 0.667. The van der Waals surface area contributed by atoms with Crippen LogP contribution < -0.4 is 5.32 Å². The lowest BCUT2D eigenvalue weighted by molar-refractivity contribution is -0.0991. The Morgan fingerprint density at radius 3 is 2.60 bits per heavy atom. The number of ether oxygens (including phenoxy) is 1. The second-order valence-electron chi connectivity index (χ2n) is 4.85. The van der Waals surface area contributed by atoms with Crippen LogP contribution in [0, 0.1) is 19.3 Å². The highest BCUT2D eigenvalue weighted by Gasteiger charge is 2.32. The highest BCUT2D eigenvalue weighted by Crippen LogP contribution is 2.25. The van der Waals surface area contributed by atoms with Gasteiger partial charge in [0.05, 0.1) is 13.2 Å². The first kappa shape index (κ1) is 10.7. The van der Waals surface area contributed by atoms with Crippen LogP contribution >= 0.6 is 0 Å². The summed E-state index contributed by atoms with van der Waals surface area (Å²) in [6, 6.07) is 2.10. The first-order chi connectivity index (χ1) is 7.09. The first-order valence-electron chi connectivity index (χ1n) is 5.43. The van der Waals surface area contributed by atoms with E-state index in [0.29, 0.717) is 5.41 Å². The summed E-state index contributed by atoms with van der Waals surface area (Å²) in [4.78, 5) is 0. The largest absolute Gasteiger partial charge is 0.466 e. The third-order valence-electron chi connectivity index (χ3n) is 2.91. The van der Waals surface area contributed by atoms with Crippen LogP contribution in [0.1, 0.15) is 24.0 Å². The molecule has 1 aromatic rings. The minimum Gasteiger partial charge on any atom is -0.466 e. The Hall–Kier alpha value is -0.800. The topological polar surface area (TPSA) is 34.4 Å². The molecule has 1 aliphatic rings. The molecule has 0 bridgehead atoms. The molecule has 1 N–H and O–H groups in total. The van der Waals surface area contributed by atoms with Gasteiger partial charge in [0, 0.05) is 24.1 Å². The zero-order valence-corrected chi connectivity index (χ0v) is 9.72. The molecule has 1 aromatic heterocycles. The maximum absolute atomic E-state index is 5.47. The smallest absolute Gasteiger partial charge is 0.105 e. The van der Waals surface area contributed by atoms with Gasteiger partial charge in [-0.1, -0.05) is 6.92 Å². The molecule has 2 heterocycles. The quantitative estimate of drug-likeness (QED) is 0.824. The van der Waals surface area contributed by atoms with Gasteiger partial charge in [0.1, 0.15) is 11.5 Å². The Balaban J connectivity index is 1.80. The second-order valence-corrected chi connectivity index (χ2v) is 4.85. The highest BCUT2D eigenvalue weighted by molar-refractivity contribution is 5.19. The molecule has 1 saturated heterocycles. The molecule has 0 saturated carbocycles. The van der Waals surface area contributed by atoms with Gasteiger partial charge in [-0.05, 0) is 19.9 Å². The van der Waals surface area contributed by atoms with E-state index in [1.54, 1.807) is 0 Å². The van der Waals surface area contributed by atoms with Gasteiger partial charge in [-0.25, -0.2) is 0 Å². The SMILES string of the molecule is Cc1cc(CNCC2(C)COC2)c(C)o1. The molecule has 3 heteroatoms. The monoisotopic (exact) mass is 209 g/mol. The van der Waals surface area contributed by atoms with E-state index < -0.39 is 0 Å². The molecule has 0 amide bonds. The van der Waals surface area contributed by atoms with Crippen molar-refractivity contribution in [3.8, 4) is 0 Å². The normalized spacial score (nSPS) is 18.9. The Morgan fingerprint density at radius 1 is 1.40 bits per heavy atom. The lowest BCUT2D eigenvalue weighted by atomic mass is 9.89. The molecule has 0 radical (unpaired) electrons. The van der Waals surface area contributed by atoms with E-state index in [-0.39, 0.29) is 0 Å². The van der Waals surface area contributed by atoms with Gasteiger partial charge in [-0.15, -0.1) is 0 Å². The minimum absolute atomic E-state index is 0.340. The molecule has 1 aliphatic heterocycles. The van der Waals surface area contributed by atoms with Gasteiger partial charge in [0.2, 0.25) is 0 Å². The molecule has 0 spiro atoms. The third-order valence-corrected chi connectivity index (χ3v) is 2.91. The number of rotatable bonds is 4. The van der Waals surface area contributed by atoms with E-state index in [1.165, 1.54) is 5.56 Å². The summed E-state index contributed by atoms with van der Waals surface area (Å²) in [6.45, 7) is 9.90. The highest BCUT2D eigenvalue weighted by atomic mass is 16.5. The van der Waals surface area contributed by atoms with E-state index in [0.717, 1.165) is 37.8 Å². The van der Waals surface area contributed by atoms with Gasteiger partial charge < -0.3 is 14.5 Å². The average molecular weight is 209 g/mol. The molecule has 0 aliphatic carbocycles. The number of nitrogens with one attached hydrogen (secondary N) is 1. The molecule has 0 atom stereocenters. The van der Waals surface area contributed by atoms with Crippen molar-refractivity contribution >= 4 is 0 Å². The van der Waals surface area contributed by atoms with Crippen molar-refractivity contribution in [1.29, 1.82) is 0 Å². The number of hydrogen-bond acceptors (Lipinski definition) is 3. The molecular weight excluding hydrogens is 190 g/mol. The molecule has 0 unspecified atom stereocenters. The second kappa shape index (κ2) is 3.99. The first-order valence-corrected chi connectivity index (χ1v) is 5.43. The van der Waals surface area contributed by atoms with Crippen molar-refractivity contribution in [2.45, 2.75) is 27.3 Å².